The minimum Gasteiger partial charge on any atom is -0.486 e. The Balaban J connectivity index is 2.49. The fraction of sp³-hybridized carbons (Fsp3) is 0.364. The number of rotatable bonds is 0. The summed E-state index contributed by atoms with van der Waals surface area (Å²) in [4.78, 5) is 13.4. The number of benzene rings is 1. The SMILES string of the molecule is C[C@H]1Oc2ccccc2N(C)C(=O)[C@H]1N. The van der Waals surface area contributed by atoms with E-state index in [2.05, 4.69) is 0 Å². The summed E-state index contributed by atoms with van der Waals surface area (Å²) in [7, 11) is 1.71. The largest absolute Gasteiger partial charge is 0.486 e. The molecule has 0 unspecified atom stereocenters. The molecule has 1 aliphatic heterocycles. The highest BCUT2D eigenvalue weighted by molar-refractivity contribution is 5.98. The van der Waals surface area contributed by atoms with Crippen LogP contribution < -0.4 is 15.4 Å². The maximum Gasteiger partial charge on any atom is 0.247 e. The van der Waals surface area contributed by atoms with Gasteiger partial charge in [0.1, 0.15) is 17.9 Å². The van der Waals surface area contributed by atoms with Crippen LogP contribution in [0, 0.1) is 0 Å². The lowest BCUT2D eigenvalue weighted by molar-refractivity contribution is -0.120. The number of carbonyl (C=O) groups is 1. The Morgan fingerprint density at radius 1 is 1.40 bits per heavy atom. The number of anilines is 1. The third-order valence-electron chi connectivity index (χ3n) is 2.66. The van der Waals surface area contributed by atoms with Crippen molar-refractivity contribution in [3.05, 3.63) is 24.3 Å². The van der Waals surface area contributed by atoms with Crippen molar-refractivity contribution in [1.82, 2.24) is 0 Å². The number of hydrogen-bond acceptors (Lipinski definition) is 3. The van der Waals surface area contributed by atoms with Gasteiger partial charge in [-0.3, -0.25) is 4.79 Å². The summed E-state index contributed by atoms with van der Waals surface area (Å²) >= 11 is 0. The van der Waals surface area contributed by atoms with Crippen LogP contribution in [0.25, 0.3) is 0 Å². The van der Waals surface area contributed by atoms with Gasteiger partial charge in [-0.05, 0) is 19.1 Å². The maximum atomic E-state index is 11.8. The summed E-state index contributed by atoms with van der Waals surface area (Å²) in [6.45, 7) is 1.80. The van der Waals surface area contributed by atoms with Crippen LogP contribution in [0.2, 0.25) is 0 Å². The van der Waals surface area contributed by atoms with Gasteiger partial charge in [-0.25, -0.2) is 0 Å². The van der Waals surface area contributed by atoms with Crippen LogP contribution in [0.1, 0.15) is 6.92 Å². The third-order valence-corrected chi connectivity index (χ3v) is 2.66. The second-order valence-corrected chi connectivity index (χ2v) is 3.71. The van der Waals surface area contributed by atoms with Crippen molar-refractivity contribution in [3.8, 4) is 5.75 Å². The standard InChI is InChI=1S/C11H14N2O2/c1-7-10(12)11(14)13(2)8-5-3-4-6-9(8)15-7/h3-7,10H,12H2,1-2H3/t7-,10+/m1/s1. The van der Waals surface area contributed by atoms with Crippen LogP contribution in [0.4, 0.5) is 5.69 Å². The fourth-order valence-corrected chi connectivity index (χ4v) is 1.65. The van der Waals surface area contributed by atoms with E-state index in [1.54, 1.807) is 18.9 Å². The van der Waals surface area contributed by atoms with E-state index in [4.69, 9.17) is 10.5 Å². The second-order valence-electron chi connectivity index (χ2n) is 3.71. The zero-order valence-corrected chi connectivity index (χ0v) is 8.81. The molecule has 0 aromatic heterocycles. The molecule has 15 heavy (non-hydrogen) atoms. The average molecular weight is 206 g/mol. The lowest BCUT2D eigenvalue weighted by Crippen LogP contribution is -2.48. The van der Waals surface area contributed by atoms with Gasteiger partial charge in [-0.15, -0.1) is 0 Å². The average Bonchev–Trinajstić information content (AvgIpc) is 2.32. The number of likely N-dealkylation sites (N-methyl/N-ethyl adjacent to an activating group) is 1. The molecule has 1 aliphatic rings. The summed E-state index contributed by atoms with van der Waals surface area (Å²) in [5, 5.41) is 0. The van der Waals surface area contributed by atoms with Crippen molar-refractivity contribution >= 4 is 11.6 Å². The van der Waals surface area contributed by atoms with E-state index in [-0.39, 0.29) is 12.0 Å². The molecule has 4 nitrogen and oxygen atoms in total. The lowest BCUT2D eigenvalue weighted by Gasteiger charge is -2.18. The van der Waals surface area contributed by atoms with Gasteiger partial charge in [0.15, 0.2) is 0 Å². The maximum absolute atomic E-state index is 11.8. The van der Waals surface area contributed by atoms with E-state index in [0.717, 1.165) is 5.69 Å². The fourth-order valence-electron chi connectivity index (χ4n) is 1.65. The monoisotopic (exact) mass is 206 g/mol. The quantitative estimate of drug-likeness (QED) is 0.681. The van der Waals surface area contributed by atoms with Gasteiger partial charge < -0.3 is 15.4 Å². The van der Waals surface area contributed by atoms with Gasteiger partial charge in [0.2, 0.25) is 5.91 Å². The molecule has 1 aromatic carbocycles. The molecule has 0 fully saturated rings. The first kappa shape index (κ1) is 9.98. The number of carbonyl (C=O) groups excluding carboxylic acids is 1. The summed E-state index contributed by atoms with van der Waals surface area (Å²) in [5.74, 6) is 0.584. The van der Waals surface area contributed by atoms with Crippen LogP contribution in [0.15, 0.2) is 24.3 Å². The lowest BCUT2D eigenvalue weighted by atomic mass is 10.2. The van der Waals surface area contributed by atoms with E-state index in [0.29, 0.717) is 5.75 Å². The molecule has 2 atom stereocenters. The molecule has 0 saturated heterocycles. The van der Waals surface area contributed by atoms with Crippen LogP contribution >= 0.6 is 0 Å². The Morgan fingerprint density at radius 2 is 2.07 bits per heavy atom. The third kappa shape index (κ3) is 1.57. The number of ether oxygens (including phenoxy) is 1. The van der Waals surface area contributed by atoms with Crippen molar-refractivity contribution in [2.45, 2.75) is 19.1 Å². The summed E-state index contributed by atoms with van der Waals surface area (Å²) in [5.41, 5.74) is 6.54. The molecule has 2 rings (SSSR count). The number of nitrogens with zero attached hydrogens (tertiary/aromatic N) is 1. The molecular formula is C11H14N2O2. The van der Waals surface area contributed by atoms with E-state index in [9.17, 15) is 4.79 Å². The van der Waals surface area contributed by atoms with Gasteiger partial charge in [0, 0.05) is 7.05 Å². The summed E-state index contributed by atoms with van der Waals surface area (Å²) in [6, 6.07) is 6.82. The minimum absolute atomic E-state index is 0.118. The summed E-state index contributed by atoms with van der Waals surface area (Å²) in [6.07, 6.45) is -0.302. The van der Waals surface area contributed by atoms with Crippen LogP contribution in [0.5, 0.6) is 5.75 Å². The molecule has 0 radical (unpaired) electrons. The van der Waals surface area contributed by atoms with Gasteiger partial charge >= 0.3 is 0 Å². The smallest absolute Gasteiger partial charge is 0.247 e. The van der Waals surface area contributed by atoms with Gasteiger partial charge in [0.05, 0.1) is 5.69 Å². The molecule has 80 valence electrons. The van der Waals surface area contributed by atoms with Crippen LogP contribution in [-0.4, -0.2) is 25.1 Å². The van der Waals surface area contributed by atoms with E-state index < -0.39 is 6.04 Å². The highest BCUT2D eigenvalue weighted by Gasteiger charge is 2.31. The second kappa shape index (κ2) is 3.55. The van der Waals surface area contributed by atoms with Crippen molar-refractivity contribution in [2.24, 2.45) is 5.73 Å². The van der Waals surface area contributed by atoms with Crippen molar-refractivity contribution in [2.75, 3.05) is 11.9 Å². The molecule has 0 bridgehead atoms. The van der Waals surface area contributed by atoms with Crippen molar-refractivity contribution < 1.29 is 9.53 Å². The Bertz CT molecular complexity index is 392. The highest BCUT2D eigenvalue weighted by Crippen LogP contribution is 2.31. The number of nitrogens with two attached hydrogens (primary N) is 1. The predicted molar refractivity (Wildman–Crippen MR) is 57.9 cm³/mol. The molecule has 1 amide bonds. The summed E-state index contributed by atoms with van der Waals surface area (Å²) < 4.78 is 5.62. The topological polar surface area (TPSA) is 55.6 Å². The Hall–Kier alpha value is -1.55. The van der Waals surface area contributed by atoms with Gasteiger partial charge in [0.25, 0.3) is 0 Å². The number of para-hydroxylation sites is 2. The molecule has 1 aromatic rings. The Morgan fingerprint density at radius 3 is 2.80 bits per heavy atom. The van der Waals surface area contributed by atoms with E-state index in [1.165, 1.54) is 0 Å². The predicted octanol–water partition coefficient (Wildman–Crippen LogP) is 0.758. The molecule has 0 aliphatic carbocycles. The van der Waals surface area contributed by atoms with E-state index >= 15 is 0 Å². The Kier molecular flexibility index (Phi) is 2.36. The van der Waals surface area contributed by atoms with Gasteiger partial charge in [-0.1, -0.05) is 12.1 Å². The molecule has 2 N–H and O–H groups in total. The van der Waals surface area contributed by atoms with E-state index in [1.807, 2.05) is 24.3 Å². The zero-order valence-electron chi connectivity index (χ0n) is 8.81. The number of fused-ring (bicyclic) bond motifs is 1. The van der Waals surface area contributed by atoms with Gasteiger partial charge in [-0.2, -0.15) is 0 Å². The molecule has 1 heterocycles. The molecule has 0 spiro atoms. The minimum atomic E-state index is -0.609. The Labute approximate surface area is 88.6 Å². The zero-order chi connectivity index (χ0) is 11.0. The first-order chi connectivity index (χ1) is 7.11. The normalized spacial score (nSPS) is 25.5. The van der Waals surface area contributed by atoms with Crippen LogP contribution in [-0.2, 0) is 4.79 Å². The number of amides is 1. The van der Waals surface area contributed by atoms with Crippen molar-refractivity contribution in [1.29, 1.82) is 0 Å². The first-order valence-corrected chi connectivity index (χ1v) is 4.90. The van der Waals surface area contributed by atoms with Crippen molar-refractivity contribution in [3.63, 3.8) is 0 Å². The first-order valence-electron chi connectivity index (χ1n) is 4.90. The van der Waals surface area contributed by atoms with Crippen LogP contribution in [0.3, 0.4) is 0 Å². The molecular weight excluding hydrogens is 192 g/mol. The highest BCUT2D eigenvalue weighted by atomic mass is 16.5. The molecule has 0 saturated carbocycles. The molecule has 4 heteroatoms. The number of hydrogen-bond donors (Lipinski definition) is 1.